The lowest BCUT2D eigenvalue weighted by atomic mass is 10.1. The van der Waals surface area contributed by atoms with Gasteiger partial charge in [-0.3, -0.25) is 0 Å². The van der Waals surface area contributed by atoms with Crippen molar-refractivity contribution >= 4 is 9.84 Å². The van der Waals surface area contributed by atoms with Crippen molar-refractivity contribution in [2.75, 3.05) is 6.26 Å². The van der Waals surface area contributed by atoms with Gasteiger partial charge in [0.25, 0.3) is 0 Å². The maximum absolute atomic E-state index is 11.4. The lowest BCUT2D eigenvalue weighted by molar-refractivity contribution is 0.422. The summed E-state index contributed by atoms with van der Waals surface area (Å²) in [5, 5.41) is 3.40. The zero-order valence-electron chi connectivity index (χ0n) is 9.99. The first-order valence-electron chi connectivity index (χ1n) is 5.84. The fraction of sp³-hybridized carbons (Fsp3) is 1.00. The van der Waals surface area contributed by atoms with Gasteiger partial charge in [-0.1, -0.05) is 20.3 Å². The number of rotatable bonds is 3. The Bertz CT molecular complexity index is 285. The van der Waals surface area contributed by atoms with Gasteiger partial charge in [0.2, 0.25) is 0 Å². The summed E-state index contributed by atoms with van der Waals surface area (Å²) in [5.74, 6) is 0. The van der Waals surface area contributed by atoms with Crippen LogP contribution < -0.4 is 5.32 Å². The Morgan fingerprint density at radius 1 is 1.13 bits per heavy atom. The average molecular weight is 233 g/mol. The third kappa shape index (κ3) is 4.51. The highest BCUT2D eigenvalue weighted by atomic mass is 32.2. The Balaban J connectivity index is 2.49. The van der Waals surface area contributed by atoms with E-state index >= 15 is 0 Å². The zero-order chi connectivity index (χ0) is 11.5. The van der Waals surface area contributed by atoms with Crippen molar-refractivity contribution in [2.24, 2.45) is 0 Å². The van der Waals surface area contributed by atoms with Crippen LogP contribution >= 0.6 is 0 Å². The first kappa shape index (κ1) is 13.0. The Labute approximate surface area is 93.6 Å². The van der Waals surface area contributed by atoms with Crippen LogP contribution in [0.4, 0.5) is 0 Å². The average Bonchev–Trinajstić information content (AvgIpc) is 2.27. The monoisotopic (exact) mass is 233 g/mol. The molecule has 0 aromatic carbocycles. The highest BCUT2D eigenvalue weighted by molar-refractivity contribution is 7.91. The molecule has 1 aliphatic carbocycles. The van der Waals surface area contributed by atoms with Crippen LogP contribution in [0.2, 0.25) is 0 Å². The number of hydrogen-bond acceptors (Lipinski definition) is 3. The van der Waals surface area contributed by atoms with E-state index < -0.39 is 9.84 Å². The zero-order valence-corrected chi connectivity index (χ0v) is 10.8. The van der Waals surface area contributed by atoms with Crippen LogP contribution in [0.1, 0.15) is 46.0 Å². The van der Waals surface area contributed by atoms with Crippen LogP contribution in [-0.2, 0) is 9.84 Å². The van der Waals surface area contributed by atoms with Gasteiger partial charge >= 0.3 is 0 Å². The molecule has 0 aromatic rings. The molecule has 3 nitrogen and oxygen atoms in total. The van der Waals surface area contributed by atoms with Gasteiger partial charge in [0.05, 0.1) is 5.25 Å². The second-order valence-corrected chi connectivity index (χ2v) is 7.30. The highest BCUT2D eigenvalue weighted by Gasteiger charge is 2.25. The summed E-state index contributed by atoms with van der Waals surface area (Å²) >= 11 is 0. The third-order valence-corrected chi connectivity index (χ3v) is 4.77. The fourth-order valence-corrected chi connectivity index (χ4v) is 3.49. The Hall–Kier alpha value is -0.0900. The number of sulfone groups is 1. The van der Waals surface area contributed by atoms with Crippen molar-refractivity contribution in [2.45, 2.75) is 63.3 Å². The second kappa shape index (κ2) is 5.30. The summed E-state index contributed by atoms with van der Waals surface area (Å²) in [4.78, 5) is 0. The molecule has 2 unspecified atom stereocenters. The number of nitrogens with one attached hydrogen (secondary N) is 1. The normalized spacial score (nSPS) is 29.1. The van der Waals surface area contributed by atoms with Crippen molar-refractivity contribution in [3.8, 4) is 0 Å². The van der Waals surface area contributed by atoms with E-state index in [1.54, 1.807) is 0 Å². The molecule has 1 rings (SSSR count). The Morgan fingerprint density at radius 3 is 2.33 bits per heavy atom. The molecule has 0 heterocycles. The van der Waals surface area contributed by atoms with Crippen LogP contribution in [0.3, 0.4) is 0 Å². The third-order valence-electron chi connectivity index (χ3n) is 3.09. The minimum Gasteiger partial charge on any atom is -0.312 e. The summed E-state index contributed by atoms with van der Waals surface area (Å²) in [6.45, 7) is 4.28. The van der Waals surface area contributed by atoms with E-state index in [-0.39, 0.29) is 5.25 Å². The molecule has 0 saturated heterocycles. The van der Waals surface area contributed by atoms with E-state index in [0.717, 1.165) is 32.1 Å². The van der Waals surface area contributed by atoms with Crippen molar-refractivity contribution in [3.05, 3.63) is 0 Å². The van der Waals surface area contributed by atoms with Gasteiger partial charge in [0.1, 0.15) is 9.84 Å². The van der Waals surface area contributed by atoms with Crippen molar-refractivity contribution < 1.29 is 8.42 Å². The Kier molecular flexibility index (Phi) is 4.59. The largest absolute Gasteiger partial charge is 0.312 e. The molecular weight excluding hydrogens is 210 g/mol. The maximum atomic E-state index is 11.4. The highest BCUT2D eigenvalue weighted by Crippen LogP contribution is 2.23. The van der Waals surface area contributed by atoms with Crippen LogP contribution in [0.25, 0.3) is 0 Å². The molecule has 1 saturated carbocycles. The quantitative estimate of drug-likeness (QED) is 0.755. The fourth-order valence-electron chi connectivity index (χ4n) is 2.33. The van der Waals surface area contributed by atoms with Crippen LogP contribution in [0, 0.1) is 0 Å². The summed E-state index contributed by atoms with van der Waals surface area (Å²) in [5.41, 5.74) is 0. The van der Waals surface area contributed by atoms with Gasteiger partial charge in [0.15, 0.2) is 0 Å². The van der Waals surface area contributed by atoms with E-state index in [1.807, 2.05) is 0 Å². The van der Waals surface area contributed by atoms with Gasteiger partial charge in [0, 0.05) is 18.3 Å². The van der Waals surface area contributed by atoms with Gasteiger partial charge in [-0.15, -0.1) is 0 Å². The van der Waals surface area contributed by atoms with E-state index in [9.17, 15) is 8.42 Å². The molecule has 90 valence electrons. The summed E-state index contributed by atoms with van der Waals surface area (Å²) in [6.07, 6.45) is 6.18. The van der Waals surface area contributed by atoms with Crippen LogP contribution in [0.5, 0.6) is 0 Å². The molecule has 1 aliphatic rings. The molecule has 15 heavy (non-hydrogen) atoms. The molecule has 0 bridgehead atoms. The summed E-state index contributed by atoms with van der Waals surface area (Å²) in [6, 6.07) is 1.00. The number of hydrogen-bond donors (Lipinski definition) is 1. The SMILES string of the molecule is CC(C)NC1CCCC(S(C)(=O)=O)CC1. The molecule has 0 spiro atoms. The first-order chi connectivity index (χ1) is 6.89. The standard InChI is InChI=1S/C11H23NO2S/c1-9(2)12-10-5-4-6-11(8-7-10)15(3,13)14/h9-12H,4-8H2,1-3H3. The van der Waals surface area contributed by atoms with E-state index in [2.05, 4.69) is 19.2 Å². The van der Waals surface area contributed by atoms with Crippen molar-refractivity contribution in [1.82, 2.24) is 5.32 Å². The smallest absolute Gasteiger partial charge is 0.150 e. The molecule has 1 fully saturated rings. The topological polar surface area (TPSA) is 46.2 Å². The molecule has 0 amide bonds. The van der Waals surface area contributed by atoms with Gasteiger partial charge in [-0.05, 0) is 25.7 Å². The minimum atomic E-state index is -2.83. The van der Waals surface area contributed by atoms with E-state index in [1.165, 1.54) is 6.26 Å². The van der Waals surface area contributed by atoms with Crippen LogP contribution in [0.15, 0.2) is 0 Å². The maximum Gasteiger partial charge on any atom is 0.150 e. The van der Waals surface area contributed by atoms with E-state index in [4.69, 9.17) is 0 Å². The molecule has 0 aliphatic heterocycles. The molecular formula is C11H23NO2S. The summed E-state index contributed by atoms with van der Waals surface area (Å²) in [7, 11) is -2.83. The van der Waals surface area contributed by atoms with Gasteiger partial charge in [-0.2, -0.15) is 0 Å². The first-order valence-corrected chi connectivity index (χ1v) is 7.80. The molecule has 0 aromatic heterocycles. The van der Waals surface area contributed by atoms with Crippen LogP contribution in [-0.4, -0.2) is 32.0 Å². The van der Waals surface area contributed by atoms with E-state index in [0.29, 0.717) is 12.1 Å². The second-order valence-electron chi connectivity index (χ2n) is 4.98. The molecule has 4 heteroatoms. The predicted octanol–water partition coefficient (Wildman–Crippen LogP) is 1.73. The Morgan fingerprint density at radius 2 is 1.80 bits per heavy atom. The lowest BCUT2D eigenvalue weighted by Crippen LogP contribution is -2.34. The van der Waals surface area contributed by atoms with Gasteiger partial charge in [-0.25, -0.2) is 8.42 Å². The lowest BCUT2D eigenvalue weighted by Gasteiger charge is -2.19. The van der Waals surface area contributed by atoms with Crippen molar-refractivity contribution in [3.63, 3.8) is 0 Å². The summed E-state index contributed by atoms with van der Waals surface area (Å²) < 4.78 is 22.9. The molecule has 2 atom stereocenters. The van der Waals surface area contributed by atoms with Crippen molar-refractivity contribution in [1.29, 1.82) is 0 Å². The minimum absolute atomic E-state index is 0.100. The molecule has 0 radical (unpaired) electrons. The predicted molar refractivity (Wildman–Crippen MR) is 63.8 cm³/mol. The van der Waals surface area contributed by atoms with Gasteiger partial charge < -0.3 is 5.32 Å². The molecule has 1 N–H and O–H groups in total.